The van der Waals surface area contributed by atoms with Crippen LogP contribution in [-0.4, -0.2) is 36.1 Å². The van der Waals surface area contributed by atoms with Gasteiger partial charge in [0.1, 0.15) is 12.1 Å². The second-order valence-corrected chi connectivity index (χ2v) is 5.61. The van der Waals surface area contributed by atoms with E-state index in [0.717, 1.165) is 49.1 Å². The van der Waals surface area contributed by atoms with Crippen LogP contribution in [0.15, 0.2) is 36.7 Å². The smallest absolute Gasteiger partial charge is 0.132 e. The number of hydrogen-bond acceptors (Lipinski definition) is 4. The van der Waals surface area contributed by atoms with Crippen LogP contribution in [0.1, 0.15) is 12.6 Å². The Morgan fingerprint density at radius 3 is 2.33 bits per heavy atom. The molecule has 0 unspecified atom stereocenters. The van der Waals surface area contributed by atoms with Crippen molar-refractivity contribution in [3.63, 3.8) is 0 Å². The van der Waals surface area contributed by atoms with Crippen LogP contribution in [0.5, 0.6) is 0 Å². The number of aromatic nitrogens is 2. The number of nitrogens with zero attached hydrogens (tertiary/aromatic N) is 4. The van der Waals surface area contributed by atoms with E-state index in [4.69, 9.17) is 11.6 Å². The number of rotatable bonds is 3. The summed E-state index contributed by atoms with van der Waals surface area (Å²) in [6, 6.07) is 10.1. The Hall–Kier alpha value is -1.81. The number of piperazine rings is 1. The molecule has 1 aliphatic rings. The molecule has 110 valence electrons. The molecular weight excluding hydrogens is 284 g/mol. The largest absolute Gasteiger partial charge is 0.368 e. The molecule has 0 bridgehead atoms. The van der Waals surface area contributed by atoms with Crippen LogP contribution in [0, 0.1) is 0 Å². The van der Waals surface area contributed by atoms with Gasteiger partial charge in [-0.3, -0.25) is 0 Å². The Kier molecular flexibility index (Phi) is 4.25. The first-order valence-corrected chi connectivity index (χ1v) is 7.70. The summed E-state index contributed by atoms with van der Waals surface area (Å²) in [5.74, 6) is 1.04. The molecule has 5 heteroatoms. The second kappa shape index (κ2) is 6.31. The van der Waals surface area contributed by atoms with Crippen LogP contribution in [0.2, 0.25) is 5.02 Å². The van der Waals surface area contributed by atoms with Crippen molar-refractivity contribution in [2.45, 2.75) is 13.3 Å². The molecule has 2 heterocycles. The van der Waals surface area contributed by atoms with E-state index in [0.29, 0.717) is 0 Å². The summed E-state index contributed by atoms with van der Waals surface area (Å²) in [4.78, 5) is 13.4. The molecule has 3 rings (SSSR count). The minimum absolute atomic E-state index is 0.783. The summed E-state index contributed by atoms with van der Waals surface area (Å²) in [6.45, 7) is 6.05. The fourth-order valence-corrected chi connectivity index (χ4v) is 2.72. The van der Waals surface area contributed by atoms with Gasteiger partial charge < -0.3 is 9.80 Å². The Labute approximate surface area is 130 Å². The maximum Gasteiger partial charge on any atom is 0.132 e. The van der Waals surface area contributed by atoms with E-state index in [1.165, 1.54) is 5.69 Å². The third kappa shape index (κ3) is 3.27. The number of halogens is 1. The highest BCUT2D eigenvalue weighted by Gasteiger charge is 2.18. The van der Waals surface area contributed by atoms with Gasteiger partial charge in [0.05, 0.1) is 0 Å². The molecule has 1 aliphatic heterocycles. The fourth-order valence-electron chi connectivity index (χ4n) is 2.60. The predicted octanol–water partition coefficient (Wildman–Crippen LogP) is 3.02. The molecule has 21 heavy (non-hydrogen) atoms. The topological polar surface area (TPSA) is 32.3 Å². The van der Waals surface area contributed by atoms with Crippen LogP contribution in [0.25, 0.3) is 0 Å². The van der Waals surface area contributed by atoms with Crippen molar-refractivity contribution in [2.75, 3.05) is 36.0 Å². The lowest BCUT2D eigenvalue weighted by molar-refractivity contribution is 0.646. The number of anilines is 2. The molecular formula is C16H19ClN4. The fraction of sp³-hybridized carbons (Fsp3) is 0.375. The zero-order chi connectivity index (χ0) is 14.7. The minimum Gasteiger partial charge on any atom is -0.368 e. The summed E-state index contributed by atoms with van der Waals surface area (Å²) in [6.07, 6.45) is 2.61. The van der Waals surface area contributed by atoms with Gasteiger partial charge in [-0.05, 0) is 30.7 Å². The van der Waals surface area contributed by atoms with E-state index in [-0.39, 0.29) is 0 Å². The van der Waals surface area contributed by atoms with E-state index < -0.39 is 0 Å². The van der Waals surface area contributed by atoms with Crippen molar-refractivity contribution in [3.05, 3.63) is 47.4 Å². The predicted molar refractivity (Wildman–Crippen MR) is 87.3 cm³/mol. The highest BCUT2D eigenvalue weighted by atomic mass is 35.5. The first-order chi connectivity index (χ1) is 10.3. The van der Waals surface area contributed by atoms with Gasteiger partial charge in [0, 0.05) is 48.6 Å². The molecule has 0 amide bonds. The molecule has 2 aromatic rings. The van der Waals surface area contributed by atoms with Gasteiger partial charge in [0.2, 0.25) is 0 Å². The summed E-state index contributed by atoms with van der Waals surface area (Å²) in [7, 11) is 0. The first kappa shape index (κ1) is 14.1. The van der Waals surface area contributed by atoms with E-state index >= 15 is 0 Å². The van der Waals surface area contributed by atoms with E-state index in [2.05, 4.69) is 44.9 Å². The zero-order valence-corrected chi connectivity index (χ0v) is 12.9. The van der Waals surface area contributed by atoms with Gasteiger partial charge in [-0.15, -0.1) is 0 Å². The monoisotopic (exact) mass is 302 g/mol. The highest BCUT2D eigenvalue weighted by molar-refractivity contribution is 6.30. The van der Waals surface area contributed by atoms with Gasteiger partial charge >= 0.3 is 0 Å². The van der Waals surface area contributed by atoms with Gasteiger partial charge in [0.15, 0.2) is 0 Å². The van der Waals surface area contributed by atoms with E-state index in [1.807, 2.05) is 12.1 Å². The van der Waals surface area contributed by atoms with Crippen molar-refractivity contribution in [3.8, 4) is 0 Å². The van der Waals surface area contributed by atoms with Crippen LogP contribution < -0.4 is 9.80 Å². The molecule has 0 saturated carbocycles. The van der Waals surface area contributed by atoms with Crippen molar-refractivity contribution in [1.82, 2.24) is 9.97 Å². The number of benzene rings is 1. The lowest BCUT2D eigenvalue weighted by Crippen LogP contribution is -2.46. The summed E-state index contributed by atoms with van der Waals surface area (Å²) >= 11 is 5.94. The molecule has 0 radical (unpaired) electrons. The lowest BCUT2D eigenvalue weighted by Gasteiger charge is -2.36. The van der Waals surface area contributed by atoms with Gasteiger partial charge in [0.25, 0.3) is 0 Å². The Balaban J connectivity index is 1.65. The SMILES string of the molecule is CCc1cc(N2CCN(c3ccc(Cl)cc3)CC2)ncn1. The van der Waals surface area contributed by atoms with Crippen LogP contribution >= 0.6 is 11.6 Å². The van der Waals surface area contributed by atoms with E-state index in [9.17, 15) is 0 Å². The molecule has 0 aliphatic carbocycles. The van der Waals surface area contributed by atoms with Gasteiger partial charge in [-0.2, -0.15) is 0 Å². The van der Waals surface area contributed by atoms with Crippen molar-refractivity contribution in [2.24, 2.45) is 0 Å². The van der Waals surface area contributed by atoms with Crippen LogP contribution in [-0.2, 0) is 6.42 Å². The molecule has 1 aromatic carbocycles. The van der Waals surface area contributed by atoms with Gasteiger partial charge in [-0.1, -0.05) is 18.5 Å². The summed E-state index contributed by atoms with van der Waals surface area (Å²) in [5.41, 5.74) is 2.33. The highest BCUT2D eigenvalue weighted by Crippen LogP contribution is 2.21. The average Bonchev–Trinajstić information content (AvgIpc) is 2.56. The maximum atomic E-state index is 5.94. The molecule has 0 atom stereocenters. The first-order valence-electron chi connectivity index (χ1n) is 7.32. The van der Waals surface area contributed by atoms with Crippen molar-refractivity contribution >= 4 is 23.1 Å². The van der Waals surface area contributed by atoms with Crippen molar-refractivity contribution in [1.29, 1.82) is 0 Å². The average molecular weight is 303 g/mol. The molecule has 0 N–H and O–H groups in total. The number of hydrogen-bond donors (Lipinski definition) is 0. The molecule has 1 fully saturated rings. The summed E-state index contributed by atoms with van der Waals surface area (Å²) in [5, 5.41) is 0.783. The van der Waals surface area contributed by atoms with Crippen LogP contribution in [0.4, 0.5) is 11.5 Å². The Morgan fingerprint density at radius 1 is 1.00 bits per heavy atom. The molecule has 0 spiro atoms. The summed E-state index contributed by atoms with van der Waals surface area (Å²) < 4.78 is 0. The quantitative estimate of drug-likeness (QED) is 0.872. The molecule has 1 aromatic heterocycles. The minimum atomic E-state index is 0.783. The number of aryl methyl sites for hydroxylation is 1. The Morgan fingerprint density at radius 2 is 1.67 bits per heavy atom. The normalized spacial score (nSPS) is 15.3. The zero-order valence-electron chi connectivity index (χ0n) is 12.2. The third-order valence-corrected chi connectivity index (χ3v) is 4.12. The molecule has 4 nitrogen and oxygen atoms in total. The Bertz CT molecular complexity index is 591. The standard InChI is InChI=1S/C16H19ClN4/c1-2-14-11-16(19-12-18-14)21-9-7-20(8-10-21)15-5-3-13(17)4-6-15/h3-6,11-12H,2,7-10H2,1H3. The third-order valence-electron chi connectivity index (χ3n) is 3.87. The lowest BCUT2D eigenvalue weighted by atomic mass is 10.2. The van der Waals surface area contributed by atoms with E-state index in [1.54, 1.807) is 6.33 Å². The second-order valence-electron chi connectivity index (χ2n) is 5.17. The molecule has 1 saturated heterocycles. The maximum absolute atomic E-state index is 5.94. The van der Waals surface area contributed by atoms with Crippen molar-refractivity contribution < 1.29 is 0 Å². The van der Waals surface area contributed by atoms with Gasteiger partial charge in [-0.25, -0.2) is 9.97 Å². The van der Waals surface area contributed by atoms with Crippen LogP contribution in [0.3, 0.4) is 0 Å².